The normalized spacial score (nSPS) is 13.4. The van der Waals surface area contributed by atoms with Crippen molar-refractivity contribution in [3.8, 4) is 11.3 Å². The number of likely N-dealkylation sites (tertiary alicyclic amines) is 1. The number of benzene rings is 3. The Kier molecular flexibility index (Phi) is 6.09. The van der Waals surface area contributed by atoms with Crippen molar-refractivity contribution in [1.82, 2.24) is 24.9 Å². The quantitative estimate of drug-likeness (QED) is 0.334. The predicted octanol–water partition coefficient (Wildman–Crippen LogP) is 4.06. The molecule has 1 aliphatic rings. The molecule has 0 unspecified atom stereocenters. The molecule has 190 valence electrons. The lowest BCUT2D eigenvalue weighted by molar-refractivity contribution is 0.102. The number of rotatable bonds is 5. The molecule has 1 fully saturated rings. The number of H-pyrrole nitrogens is 1. The van der Waals surface area contributed by atoms with Crippen molar-refractivity contribution >= 4 is 50.7 Å². The monoisotopic (exact) mass is 524 g/mol. The van der Waals surface area contributed by atoms with E-state index >= 15 is 0 Å². The van der Waals surface area contributed by atoms with Crippen molar-refractivity contribution in [2.45, 2.75) is 6.54 Å². The second-order valence-corrected chi connectivity index (χ2v) is 9.62. The summed E-state index contributed by atoms with van der Waals surface area (Å²) in [5.41, 5.74) is 3.19. The Balaban J connectivity index is 1.22. The number of hydrogen-bond acceptors (Lipinski definition) is 6. The lowest BCUT2D eigenvalue weighted by atomic mass is 10.0. The van der Waals surface area contributed by atoms with Crippen LogP contribution in [0.25, 0.3) is 32.9 Å². The van der Waals surface area contributed by atoms with Crippen molar-refractivity contribution in [1.29, 1.82) is 0 Å². The van der Waals surface area contributed by atoms with Crippen molar-refractivity contribution in [2.75, 3.05) is 25.5 Å². The molecule has 9 nitrogen and oxygen atoms in total. The molecule has 3 aromatic carbocycles. The highest BCUT2D eigenvalue weighted by Crippen LogP contribution is 2.27. The lowest BCUT2D eigenvalue weighted by Gasteiger charge is -2.39. The molecule has 5 aromatic rings. The van der Waals surface area contributed by atoms with E-state index in [9.17, 15) is 9.59 Å². The van der Waals surface area contributed by atoms with E-state index in [2.05, 4.69) is 20.6 Å². The molecule has 0 saturated carbocycles. The van der Waals surface area contributed by atoms with Crippen molar-refractivity contribution in [3.63, 3.8) is 0 Å². The molecule has 6 rings (SSSR count). The molecule has 0 spiro atoms. The Morgan fingerprint density at radius 3 is 2.45 bits per heavy atom. The molecule has 0 aliphatic carbocycles. The number of anilines is 1. The van der Waals surface area contributed by atoms with E-state index in [0.29, 0.717) is 40.1 Å². The minimum Gasteiger partial charge on any atom is -0.474 e. The largest absolute Gasteiger partial charge is 0.474 e. The van der Waals surface area contributed by atoms with Gasteiger partial charge in [0.25, 0.3) is 16.6 Å². The Labute approximate surface area is 223 Å². The summed E-state index contributed by atoms with van der Waals surface area (Å²) < 4.78 is 7.04. The van der Waals surface area contributed by atoms with Crippen LogP contribution in [0.4, 0.5) is 5.69 Å². The molecule has 1 saturated heterocycles. The summed E-state index contributed by atoms with van der Waals surface area (Å²) >= 11 is 5.20. The van der Waals surface area contributed by atoms with Gasteiger partial charge >= 0.3 is 0 Å². The molecular formula is C28H24N6O3S. The second-order valence-electron chi connectivity index (χ2n) is 9.27. The van der Waals surface area contributed by atoms with Gasteiger partial charge in [-0.1, -0.05) is 48.5 Å². The molecule has 2 N–H and O–H groups in total. The summed E-state index contributed by atoms with van der Waals surface area (Å²) in [6, 6.07) is 22.4. The number of aromatic amines is 1. The van der Waals surface area contributed by atoms with Gasteiger partial charge in [0.05, 0.1) is 23.7 Å². The number of hydrogen-bond donors (Lipinski definition) is 2. The third-order valence-corrected chi connectivity index (χ3v) is 7.23. The predicted molar refractivity (Wildman–Crippen MR) is 150 cm³/mol. The number of carbonyl (C=O) groups is 1. The van der Waals surface area contributed by atoms with Gasteiger partial charge in [0.15, 0.2) is 5.69 Å². The number of aromatic nitrogens is 4. The minimum atomic E-state index is -0.281. The standard InChI is InChI=1S/C28H24N6O3S/c1-37-28(38)33-14-17(15-33)16-34-23-9-5-4-8-22(23)25(32-34)27(36)29-19-12-10-18(11-13-19)24-20-6-2-3-7-21(20)26(35)31-30-24/h2-13,17H,14-16H2,1H3,(H,29,36)(H,31,35). The molecule has 2 aromatic heterocycles. The number of thiocarbonyl (C=S) groups is 1. The molecular weight excluding hydrogens is 500 g/mol. The van der Waals surface area contributed by atoms with Crippen molar-refractivity contribution in [2.24, 2.45) is 5.92 Å². The van der Waals surface area contributed by atoms with Gasteiger partial charge in [0.2, 0.25) is 0 Å². The number of carbonyl (C=O) groups excluding carboxylic acids is 1. The van der Waals surface area contributed by atoms with Crippen LogP contribution >= 0.6 is 12.2 Å². The van der Waals surface area contributed by atoms with Gasteiger partial charge in [-0.2, -0.15) is 10.2 Å². The molecule has 0 radical (unpaired) electrons. The van der Waals surface area contributed by atoms with Crippen molar-refractivity contribution < 1.29 is 9.53 Å². The lowest BCUT2D eigenvalue weighted by Crippen LogP contribution is -2.51. The summed E-state index contributed by atoms with van der Waals surface area (Å²) in [6.07, 6.45) is 0. The maximum absolute atomic E-state index is 13.3. The topological polar surface area (TPSA) is 105 Å². The summed E-state index contributed by atoms with van der Waals surface area (Å²) in [7, 11) is 1.58. The molecule has 38 heavy (non-hydrogen) atoms. The van der Waals surface area contributed by atoms with E-state index in [-0.39, 0.29) is 11.5 Å². The van der Waals surface area contributed by atoms with E-state index in [4.69, 9.17) is 17.0 Å². The highest BCUT2D eigenvalue weighted by Gasteiger charge is 2.30. The van der Waals surface area contributed by atoms with Gasteiger partial charge in [0, 0.05) is 47.6 Å². The number of para-hydroxylation sites is 1. The zero-order valence-electron chi connectivity index (χ0n) is 20.5. The van der Waals surface area contributed by atoms with E-state index in [1.807, 2.05) is 76.3 Å². The van der Waals surface area contributed by atoms with Crippen LogP contribution in [0.15, 0.2) is 77.6 Å². The van der Waals surface area contributed by atoms with E-state index in [0.717, 1.165) is 34.9 Å². The smallest absolute Gasteiger partial charge is 0.276 e. The maximum Gasteiger partial charge on any atom is 0.276 e. The summed E-state index contributed by atoms with van der Waals surface area (Å²) in [4.78, 5) is 27.4. The Morgan fingerprint density at radius 1 is 1.03 bits per heavy atom. The van der Waals surface area contributed by atoms with Crippen LogP contribution in [-0.2, 0) is 11.3 Å². The first-order valence-electron chi connectivity index (χ1n) is 12.2. The van der Waals surface area contributed by atoms with Gasteiger partial charge < -0.3 is 15.0 Å². The minimum absolute atomic E-state index is 0.229. The average Bonchev–Trinajstić information content (AvgIpc) is 3.30. The van der Waals surface area contributed by atoms with Crippen LogP contribution in [0.2, 0.25) is 0 Å². The SMILES string of the molecule is COC(=S)N1CC(Cn2nc(C(=O)Nc3ccc(-c4n[nH]c(=O)c5ccccc45)cc3)c3ccccc32)C1. The number of nitrogens with zero attached hydrogens (tertiary/aromatic N) is 4. The average molecular weight is 525 g/mol. The number of nitrogens with one attached hydrogen (secondary N) is 2. The van der Waals surface area contributed by atoms with E-state index < -0.39 is 0 Å². The van der Waals surface area contributed by atoms with Crippen LogP contribution in [-0.4, -0.2) is 56.2 Å². The second kappa shape index (κ2) is 9.71. The molecule has 1 aliphatic heterocycles. The Bertz CT molecular complexity index is 1740. The number of fused-ring (bicyclic) bond motifs is 2. The fraction of sp³-hybridized carbons (Fsp3) is 0.179. The van der Waals surface area contributed by atoms with Gasteiger partial charge in [-0.25, -0.2) is 5.10 Å². The summed E-state index contributed by atoms with van der Waals surface area (Å²) in [5.74, 6) is 0.0867. The first-order chi connectivity index (χ1) is 18.5. The third kappa shape index (κ3) is 4.28. The molecule has 0 atom stereocenters. The van der Waals surface area contributed by atoms with Crippen LogP contribution in [0, 0.1) is 5.92 Å². The molecule has 0 bridgehead atoms. The van der Waals surface area contributed by atoms with E-state index in [1.165, 1.54) is 0 Å². The Morgan fingerprint density at radius 2 is 1.71 bits per heavy atom. The van der Waals surface area contributed by atoms with Crippen LogP contribution in [0.1, 0.15) is 10.5 Å². The summed E-state index contributed by atoms with van der Waals surface area (Å²) in [5, 5.41) is 17.1. The van der Waals surface area contributed by atoms with Gasteiger partial charge in [-0.15, -0.1) is 0 Å². The van der Waals surface area contributed by atoms with E-state index in [1.54, 1.807) is 13.2 Å². The van der Waals surface area contributed by atoms with Gasteiger partial charge in [-0.05, 0) is 36.5 Å². The number of amides is 1. The maximum atomic E-state index is 13.3. The van der Waals surface area contributed by atoms with Gasteiger partial charge in [-0.3, -0.25) is 14.3 Å². The number of ether oxygens (including phenoxy) is 1. The first-order valence-corrected chi connectivity index (χ1v) is 12.6. The van der Waals surface area contributed by atoms with Crippen LogP contribution < -0.4 is 10.9 Å². The highest BCUT2D eigenvalue weighted by atomic mass is 32.1. The third-order valence-electron chi connectivity index (χ3n) is 6.81. The van der Waals surface area contributed by atoms with Crippen molar-refractivity contribution in [3.05, 3.63) is 88.8 Å². The zero-order chi connectivity index (χ0) is 26.2. The zero-order valence-corrected chi connectivity index (χ0v) is 21.4. The summed E-state index contributed by atoms with van der Waals surface area (Å²) in [6.45, 7) is 2.29. The van der Waals surface area contributed by atoms with Crippen LogP contribution in [0.3, 0.4) is 0 Å². The molecule has 3 heterocycles. The first kappa shape index (κ1) is 23.8. The highest BCUT2D eigenvalue weighted by molar-refractivity contribution is 7.80. The molecule has 1 amide bonds. The Hall–Kier alpha value is -4.57. The molecule has 10 heteroatoms. The fourth-order valence-electron chi connectivity index (χ4n) is 4.88. The fourth-order valence-corrected chi connectivity index (χ4v) is 5.03. The number of methoxy groups -OCH3 is 1. The van der Waals surface area contributed by atoms with Gasteiger partial charge in [0.1, 0.15) is 0 Å². The van der Waals surface area contributed by atoms with Crippen LogP contribution in [0.5, 0.6) is 0 Å².